The average molecular weight is 890 g/mol. The van der Waals surface area contributed by atoms with Gasteiger partial charge in [-0.15, -0.1) is 0 Å². The summed E-state index contributed by atoms with van der Waals surface area (Å²) in [5.41, 5.74) is 8.37. The maximum absolute atomic E-state index is 13.6. The van der Waals surface area contributed by atoms with Gasteiger partial charge in [0.15, 0.2) is 5.71 Å². The predicted octanol–water partition coefficient (Wildman–Crippen LogP) is 12.9. The molecule has 5 aromatic rings. The Kier molecular flexibility index (Phi) is 12.2. The molecule has 1 aliphatic carbocycles. The molecule has 1 unspecified atom stereocenters. The minimum absolute atomic E-state index is 0.0760. The van der Waals surface area contributed by atoms with E-state index in [1.165, 1.54) is 51.8 Å². The maximum atomic E-state index is 13.6. The Morgan fingerprint density at radius 2 is 1.43 bits per heavy atom. The number of carbonyl (C=O) groups is 2. The first-order chi connectivity index (χ1) is 31.0. The third-order valence-electron chi connectivity index (χ3n) is 14.2. The van der Waals surface area contributed by atoms with Gasteiger partial charge in [-0.3, -0.25) is 4.79 Å². The number of thioether (sulfide) groups is 1. The Labute approximate surface area is 388 Å². The van der Waals surface area contributed by atoms with E-state index in [4.69, 9.17) is 14.2 Å². The van der Waals surface area contributed by atoms with Crippen molar-refractivity contribution in [3.63, 3.8) is 0 Å². The van der Waals surface area contributed by atoms with Crippen molar-refractivity contribution < 1.29 is 33.5 Å². The molecule has 0 saturated carbocycles. The largest absolute Gasteiger partial charge is 0.497 e. The van der Waals surface area contributed by atoms with Crippen molar-refractivity contribution in [2.45, 2.75) is 84.0 Å². The molecule has 0 fully saturated rings. The summed E-state index contributed by atoms with van der Waals surface area (Å²) in [5.74, 6) is 0.392. The second-order valence-corrected chi connectivity index (χ2v) is 20.0. The number of likely N-dealkylation sites (N-methyl/N-ethyl adjacent to an activating group) is 1. The molecule has 3 aliphatic rings. The van der Waals surface area contributed by atoms with Crippen LogP contribution >= 0.6 is 11.8 Å². The number of aromatic carboxylic acids is 1. The summed E-state index contributed by atoms with van der Waals surface area (Å²) in [6.45, 7) is 19.2. The second-order valence-electron chi connectivity index (χ2n) is 18.9. The van der Waals surface area contributed by atoms with Crippen LogP contribution in [-0.2, 0) is 20.4 Å². The number of carboxylic acid groups (broad SMARTS) is 1. The molecule has 0 spiro atoms. The minimum atomic E-state index is -0.959. The van der Waals surface area contributed by atoms with E-state index in [1.54, 1.807) is 38.1 Å². The summed E-state index contributed by atoms with van der Waals surface area (Å²) in [7, 11) is 4.88. The van der Waals surface area contributed by atoms with Crippen LogP contribution in [0, 0.1) is 11.3 Å². The number of carboxylic acids is 1. The highest BCUT2D eigenvalue weighted by Gasteiger charge is 2.46. The molecule has 65 heavy (non-hydrogen) atoms. The molecule has 1 N–H and O–H groups in total. The first kappa shape index (κ1) is 45.5. The summed E-state index contributed by atoms with van der Waals surface area (Å²) in [5, 5.41) is 14.5. The first-order valence-corrected chi connectivity index (χ1v) is 23.4. The van der Waals surface area contributed by atoms with Crippen LogP contribution in [0.3, 0.4) is 0 Å². The fraction of sp³-hybridized carbons (Fsp3) is 0.339. The minimum Gasteiger partial charge on any atom is -0.497 e. The highest BCUT2D eigenvalue weighted by molar-refractivity contribution is 8.03. The number of anilines is 1. The van der Waals surface area contributed by atoms with E-state index in [9.17, 15) is 14.7 Å². The summed E-state index contributed by atoms with van der Waals surface area (Å²) >= 11 is 1.65. The molecule has 0 saturated heterocycles. The van der Waals surface area contributed by atoms with E-state index in [-0.39, 0.29) is 28.3 Å². The molecule has 336 valence electrons. The first-order valence-electron chi connectivity index (χ1n) is 22.6. The van der Waals surface area contributed by atoms with Crippen molar-refractivity contribution in [1.29, 1.82) is 0 Å². The van der Waals surface area contributed by atoms with E-state index in [1.807, 2.05) is 38.1 Å². The third-order valence-corrected chi connectivity index (χ3v) is 15.4. The lowest BCUT2D eigenvalue weighted by atomic mass is 9.69. The lowest BCUT2D eigenvalue weighted by Gasteiger charge is -2.37. The van der Waals surface area contributed by atoms with E-state index >= 15 is 0 Å². The monoisotopic (exact) mass is 889 g/mol. The Bertz CT molecular complexity index is 2910. The van der Waals surface area contributed by atoms with Crippen LogP contribution in [0.1, 0.15) is 89.7 Å². The maximum Gasteiger partial charge on any atom is 0.335 e. The zero-order valence-electron chi connectivity index (χ0n) is 39.6. The molecule has 2 aliphatic heterocycles. The topological polar surface area (TPSA) is 88.3 Å². The van der Waals surface area contributed by atoms with Crippen LogP contribution < -0.4 is 14.4 Å². The summed E-state index contributed by atoms with van der Waals surface area (Å²) in [6, 6.07) is 28.6. The second kappa shape index (κ2) is 17.4. The van der Waals surface area contributed by atoms with Gasteiger partial charge in [0.1, 0.15) is 18.0 Å². The number of hydrogen-bond acceptors (Lipinski definition) is 7. The smallest absolute Gasteiger partial charge is 0.335 e. The Hall–Kier alpha value is -6.06. The van der Waals surface area contributed by atoms with Gasteiger partial charge < -0.3 is 24.2 Å². The summed E-state index contributed by atoms with van der Waals surface area (Å²) in [6.07, 6.45) is 10.4. The molecule has 0 aromatic heterocycles. The Balaban J connectivity index is 1.31. The van der Waals surface area contributed by atoms with E-state index in [0.29, 0.717) is 12.8 Å². The highest BCUT2D eigenvalue weighted by atomic mass is 32.2. The van der Waals surface area contributed by atoms with E-state index in [2.05, 4.69) is 124 Å². The number of rotatable bonds is 12. The number of fused-ring (bicyclic) bond motifs is 6. The van der Waals surface area contributed by atoms with Crippen LogP contribution in [0.4, 0.5) is 11.4 Å². The molecule has 2 heterocycles. The fourth-order valence-electron chi connectivity index (χ4n) is 10.6. The number of esters is 1. The van der Waals surface area contributed by atoms with Gasteiger partial charge >= 0.3 is 11.9 Å². The van der Waals surface area contributed by atoms with Crippen LogP contribution in [-0.4, -0.2) is 61.8 Å². The number of nitrogens with zero attached hydrogens (tertiary/aromatic N) is 2. The molecule has 8 rings (SSSR count). The van der Waals surface area contributed by atoms with Gasteiger partial charge in [0, 0.05) is 50.9 Å². The SMILES string of the molecule is CCN1/C(=C/C=C2\CC(C(C)(C)C(=O)OC)CC(/C=C/C3=[N+](CC)c4ccc5cc(OC)ccc5c4C3(C)C)=C2Sc2ccc(C(=O)O)cc2)C(C)(C)c2c1ccc1cc(OC)ccc21. The molecule has 1 atom stereocenters. The molecule has 5 aromatic carbocycles. The van der Waals surface area contributed by atoms with Crippen molar-refractivity contribution in [2.24, 2.45) is 11.3 Å². The molecular formula is C56H61N2O6S+. The van der Waals surface area contributed by atoms with Gasteiger partial charge in [-0.05, 0) is 165 Å². The lowest BCUT2D eigenvalue weighted by Crippen LogP contribution is -2.36. The average Bonchev–Trinajstić information content (AvgIpc) is 3.67. The highest BCUT2D eigenvalue weighted by Crippen LogP contribution is 2.53. The number of benzene rings is 5. The lowest BCUT2D eigenvalue weighted by molar-refractivity contribution is -0.433. The van der Waals surface area contributed by atoms with E-state index in [0.717, 1.165) is 56.3 Å². The Morgan fingerprint density at radius 3 is 2.02 bits per heavy atom. The van der Waals surface area contributed by atoms with Gasteiger partial charge in [0.25, 0.3) is 0 Å². The van der Waals surface area contributed by atoms with Crippen LogP contribution in [0.5, 0.6) is 11.5 Å². The van der Waals surface area contributed by atoms with Crippen LogP contribution in [0.25, 0.3) is 21.5 Å². The third kappa shape index (κ3) is 7.85. The van der Waals surface area contributed by atoms with Crippen molar-refractivity contribution in [1.82, 2.24) is 0 Å². The van der Waals surface area contributed by atoms with Gasteiger partial charge in [0.05, 0.1) is 37.7 Å². The molecular weight excluding hydrogens is 829 g/mol. The van der Waals surface area contributed by atoms with E-state index < -0.39 is 11.4 Å². The van der Waals surface area contributed by atoms with Crippen LogP contribution in [0.2, 0.25) is 0 Å². The molecule has 0 bridgehead atoms. The summed E-state index contributed by atoms with van der Waals surface area (Å²) in [4.78, 5) is 30.0. The van der Waals surface area contributed by atoms with Crippen molar-refractivity contribution in [3.05, 3.63) is 148 Å². The quantitative estimate of drug-likeness (QED) is 0.0979. The molecule has 8 nitrogen and oxygen atoms in total. The van der Waals surface area contributed by atoms with Gasteiger partial charge in [-0.1, -0.05) is 56.0 Å². The van der Waals surface area contributed by atoms with Crippen molar-refractivity contribution in [3.8, 4) is 11.5 Å². The number of ether oxygens (including phenoxy) is 3. The molecule has 0 radical (unpaired) electrons. The number of carbonyl (C=O) groups excluding carboxylic acids is 1. The van der Waals surface area contributed by atoms with Gasteiger partial charge in [-0.25, -0.2) is 4.79 Å². The van der Waals surface area contributed by atoms with Crippen LogP contribution in [0.15, 0.2) is 136 Å². The zero-order valence-corrected chi connectivity index (χ0v) is 40.4. The fourth-order valence-corrected chi connectivity index (χ4v) is 11.6. The zero-order chi connectivity index (χ0) is 46.6. The van der Waals surface area contributed by atoms with Crippen molar-refractivity contribution >= 4 is 62.3 Å². The number of allylic oxidation sites excluding steroid dienone is 7. The van der Waals surface area contributed by atoms with Gasteiger partial charge in [-0.2, -0.15) is 4.58 Å². The standard InChI is InChI=1S/C56H60N2O6S/c1-12-57-45-26-16-35-32-40(62-9)20-24-43(35)49(45)55(5,6)47(57)28-18-37-30-39(54(3,4)53(61)64-11)31-38(51(37)65-42-22-14-34(15-23-42)52(59)60)19-29-48-56(7,8)50-44-25-21-41(63-10)33-36(44)17-27-46(50)58(48)13-2/h14-29,32-33,39H,12-13,30-31H2,1-11H3/p+1. The Morgan fingerprint density at radius 1 is 0.800 bits per heavy atom. The summed E-state index contributed by atoms with van der Waals surface area (Å²) < 4.78 is 19.1. The number of methoxy groups -OCH3 is 3. The number of hydrogen-bond donors (Lipinski definition) is 1. The normalized spacial score (nSPS) is 19.2. The molecule has 9 heteroatoms. The predicted molar refractivity (Wildman–Crippen MR) is 266 cm³/mol. The molecule has 0 amide bonds. The van der Waals surface area contributed by atoms with Crippen molar-refractivity contribution in [2.75, 3.05) is 39.3 Å². The van der Waals surface area contributed by atoms with Gasteiger partial charge in [0.2, 0.25) is 5.69 Å².